The lowest BCUT2D eigenvalue weighted by molar-refractivity contribution is -0.138. The molecule has 2 aliphatic heterocycles. The van der Waals surface area contributed by atoms with Crippen LogP contribution in [0.4, 0.5) is 0 Å². The highest BCUT2D eigenvalue weighted by Gasteiger charge is 2.36. The van der Waals surface area contributed by atoms with Crippen LogP contribution in [-0.2, 0) is 14.8 Å². The molecule has 0 aromatic carbocycles. The summed E-state index contributed by atoms with van der Waals surface area (Å²) in [5, 5.41) is 5.57. The van der Waals surface area contributed by atoms with Gasteiger partial charge in [0.1, 0.15) is 4.21 Å². The van der Waals surface area contributed by atoms with Crippen molar-refractivity contribution in [3.8, 4) is 11.4 Å². The largest absolute Gasteiger partial charge is 0.342 e. The number of rotatable bonds is 4. The van der Waals surface area contributed by atoms with Crippen LogP contribution in [0.1, 0.15) is 38.5 Å². The second-order valence-corrected chi connectivity index (χ2v) is 11.1. The van der Waals surface area contributed by atoms with E-state index in [9.17, 15) is 13.2 Å². The van der Waals surface area contributed by atoms with Crippen molar-refractivity contribution in [2.45, 2.75) is 43.7 Å². The molecule has 0 aliphatic carbocycles. The van der Waals surface area contributed by atoms with Crippen LogP contribution in [0.3, 0.4) is 0 Å². The Morgan fingerprint density at radius 2 is 2.00 bits per heavy atom. The molecule has 0 saturated carbocycles. The lowest BCUT2D eigenvalue weighted by Crippen LogP contribution is -2.48. The van der Waals surface area contributed by atoms with Crippen LogP contribution in [-0.4, -0.2) is 59.8 Å². The van der Waals surface area contributed by atoms with E-state index in [1.165, 1.54) is 4.31 Å². The van der Waals surface area contributed by atoms with Crippen molar-refractivity contribution in [1.82, 2.24) is 19.3 Å². The number of aryl methyl sites for hydroxylation is 1. The number of aromatic nitrogens is 2. The fourth-order valence-electron chi connectivity index (χ4n) is 3.96. The number of hydrogen-bond donors (Lipinski definition) is 0. The van der Waals surface area contributed by atoms with Crippen LogP contribution in [0.2, 0.25) is 0 Å². The molecule has 0 spiro atoms. The first-order chi connectivity index (χ1) is 13.8. The maximum absolute atomic E-state index is 13.2. The summed E-state index contributed by atoms with van der Waals surface area (Å²) in [5.74, 6) is 1.31. The summed E-state index contributed by atoms with van der Waals surface area (Å²) in [6, 6.07) is 1.59. The van der Waals surface area contributed by atoms with E-state index in [1.54, 1.807) is 18.4 Å². The third-order valence-electron chi connectivity index (χ3n) is 5.78. The fraction of sp³-hybridized carbons (Fsp3) is 0.632. The highest BCUT2D eigenvalue weighted by molar-refractivity contribution is 7.91. The highest BCUT2D eigenvalue weighted by atomic mass is 32.2. The molecule has 8 nitrogen and oxygen atoms in total. The summed E-state index contributed by atoms with van der Waals surface area (Å²) in [4.78, 5) is 19.0. The van der Waals surface area contributed by atoms with Crippen molar-refractivity contribution in [2.75, 3.05) is 26.2 Å². The van der Waals surface area contributed by atoms with Gasteiger partial charge in [-0.15, -0.1) is 11.3 Å². The van der Waals surface area contributed by atoms with Gasteiger partial charge in [0.2, 0.25) is 17.6 Å². The predicted octanol–water partition coefficient (Wildman–Crippen LogP) is 2.77. The van der Waals surface area contributed by atoms with Crippen LogP contribution in [0.5, 0.6) is 0 Å². The van der Waals surface area contributed by atoms with Crippen molar-refractivity contribution in [3.63, 3.8) is 0 Å². The zero-order chi connectivity index (χ0) is 20.6. The molecule has 0 N–H and O–H groups in total. The Hall–Kier alpha value is -1.78. The average Bonchev–Trinajstić information content (AvgIpc) is 3.37. The Kier molecular flexibility index (Phi) is 5.76. The highest BCUT2D eigenvalue weighted by Crippen LogP contribution is 2.32. The van der Waals surface area contributed by atoms with Gasteiger partial charge in [-0.1, -0.05) is 12.1 Å². The number of amides is 1. The van der Waals surface area contributed by atoms with E-state index in [1.807, 2.05) is 4.90 Å². The van der Waals surface area contributed by atoms with Gasteiger partial charge >= 0.3 is 0 Å². The van der Waals surface area contributed by atoms with Crippen LogP contribution >= 0.6 is 11.3 Å². The van der Waals surface area contributed by atoms with Gasteiger partial charge in [0.15, 0.2) is 0 Å². The molecule has 2 saturated heterocycles. The Balaban J connectivity index is 1.47. The molecule has 2 aromatic rings. The Morgan fingerprint density at radius 3 is 2.69 bits per heavy atom. The summed E-state index contributed by atoms with van der Waals surface area (Å²) < 4.78 is 33.0. The van der Waals surface area contributed by atoms with Crippen molar-refractivity contribution in [3.05, 3.63) is 17.3 Å². The van der Waals surface area contributed by atoms with Gasteiger partial charge < -0.3 is 9.42 Å². The molecule has 4 rings (SSSR count). The molecule has 1 atom stereocenters. The van der Waals surface area contributed by atoms with E-state index in [2.05, 4.69) is 17.1 Å². The van der Waals surface area contributed by atoms with E-state index in [-0.39, 0.29) is 22.6 Å². The SMILES string of the molecule is Cc1nc(-c2csc(S(=O)(=O)N3CCC[C@H](C(=O)N4CCC(C)CC4)C3)c2)no1. The molecule has 2 fully saturated rings. The lowest BCUT2D eigenvalue weighted by Gasteiger charge is -2.36. The summed E-state index contributed by atoms with van der Waals surface area (Å²) >= 11 is 1.15. The Bertz CT molecular complexity index is 976. The first-order valence-electron chi connectivity index (χ1n) is 10.0. The van der Waals surface area contributed by atoms with Gasteiger partial charge in [-0.2, -0.15) is 9.29 Å². The maximum atomic E-state index is 13.2. The van der Waals surface area contributed by atoms with Crippen molar-refractivity contribution in [1.29, 1.82) is 0 Å². The number of piperidine rings is 2. The molecule has 0 unspecified atom stereocenters. The summed E-state index contributed by atoms with van der Waals surface area (Å²) in [5.41, 5.74) is 0.623. The molecule has 2 aliphatic rings. The van der Waals surface area contributed by atoms with Crippen LogP contribution < -0.4 is 0 Å². The average molecular weight is 439 g/mol. The van der Waals surface area contributed by atoms with Crippen molar-refractivity contribution in [2.24, 2.45) is 11.8 Å². The minimum Gasteiger partial charge on any atom is -0.342 e. The molecule has 29 heavy (non-hydrogen) atoms. The quantitative estimate of drug-likeness (QED) is 0.728. The van der Waals surface area contributed by atoms with Gasteiger partial charge in [-0.05, 0) is 37.7 Å². The maximum Gasteiger partial charge on any atom is 0.252 e. The number of carbonyl (C=O) groups excluding carboxylic acids is 1. The van der Waals surface area contributed by atoms with Crippen LogP contribution in [0.25, 0.3) is 11.4 Å². The minimum atomic E-state index is -3.65. The minimum absolute atomic E-state index is 0.103. The second-order valence-electron chi connectivity index (χ2n) is 8.00. The van der Waals surface area contributed by atoms with Gasteiger partial charge in [0, 0.05) is 44.0 Å². The molecule has 0 bridgehead atoms. The van der Waals surface area contributed by atoms with Crippen LogP contribution in [0, 0.1) is 18.8 Å². The monoisotopic (exact) mass is 438 g/mol. The van der Waals surface area contributed by atoms with E-state index in [4.69, 9.17) is 4.52 Å². The Morgan fingerprint density at radius 1 is 1.24 bits per heavy atom. The number of hydrogen-bond acceptors (Lipinski definition) is 7. The number of sulfonamides is 1. The van der Waals surface area contributed by atoms with Crippen LogP contribution in [0.15, 0.2) is 20.2 Å². The lowest BCUT2D eigenvalue weighted by atomic mass is 9.94. The van der Waals surface area contributed by atoms with Gasteiger partial charge in [-0.3, -0.25) is 4.79 Å². The molecular formula is C19H26N4O4S2. The first kappa shape index (κ1) is 20.5. The topological polar surface area (TPSA) is 96.6 Å². The number of nitrogens with zero attached hydrogens (tertiary/aromatic N) is 4. The summed E-state index contributed by atoms with van der Waals surface area (Å²) in [7, 11) is -3.65. The van der Waals surface area contributed by atoms with E-state index >= 15 is 0 Å². The predicted molar refractivity (Wildman–Crippen MR) is 109 cm³/mol. The number of carbonyl (C=O) groups is 1. The number of thiophene rings is 1. The third kappa shape index (κ3) is 4.24. The second kappa shape index (κ2) is 8.16. The number of likely N-dealkylation sites (tertiary alicyclic amines) is 1. The zero-order valence-corrected chi connectivity index (χ0v) is 18.3. The summed E-state index contributed by atoms with van der Waals surface area (Å²) in [6.45, 7) is 6.15. The van der Waals surface area contributed by atoms with Gasteiger partial charge in [-0.25, -0.2) is 8.42 Å². The van der Waals surface area contributed by atoms with E-state index in [0.717, 1.165) is 43.7 Å². The molecular weight excluding hydrogens is 412 g/mol. The van der Waals surface area contributed by atoms with E-state index < -0.39 is 10.0 Å². The zero-order valence-electron chi connectivity index (χ0n) is 16.7. The molecule has 10 heteroatoms. The summed E-state index contributed by atoms with van der Waals surface area (Å²) in [6.07, 6.45) is 3.49. The molecule has 1 amide bonds. The first-order valence-corrected chi connectivity index (χ1v) is 12.3. The van der Waals surface area contributed by atoms with Crippen molar-refractivity contribution >= 4 is 27.3 Å². The molecule has 2 aromatic heterocycles. The van der Waals surface area contributed by atoms with Crippen molar-refractivity contribution < 1.29 is 17.7 Å². The standard InChI is InChI=1S/C19H26N4O4S2/c1-13-5-8-22(9-6-13)19(24)15-4-3-7-23(11-15)29(25,26)17-10-16(12-28-17)18-20-14(2)27-21-18/h10,12-13,15H,3-9,11H2,1-2H3/t15-/m0/s1. The third-order valence-corrected chi connectivity index (χ3v) is 9.06. The molecule has 158 valence electrons. The Labute approximate surface area is 174 Å². The molecule has 0 radical (unpaired) electrons. The molecule has 4 heterocycles. The van der Waals surface area contributed by atoms with E-state index in [0.29, 0.717) is 36.2 Å². The smallest absolute Gasteiger partial charge is 0.252 e. The fourth-order valence-corrected chi connectivity index (χ4v) is 6.80. The van der Waals surface area contributed by atoms with Gasteiger partial charge in [0.05, 0.1) is 5.92 Å². The normalized spacial score (nSPS) is 22.1. The van der Waals surface area contributed by atoms with Gasteiger partial charge in [0.25, 0.3) is 10.0 Å².